The molecule has 0 spiro atoms. The molecule has 0 aliphatic carbocycles. The lowest BCUT2D eigenvalue weighted by Gasteiger charge is -2.26. The Hall–Kier alpha value is -3.45. The summed E-state index contributed by atoms with van der Waals surface area (Å²) in [4.78, 5) is 27.9. The molecule has 0 radical (unpaired) electrons. The number of ketones is 1. The molecule has 172 valence electrons. The normalized spacial score (nSPS) is 16.1. The third-order valence-electron chi connectivity index (χ3n) is 5.52. The molecule has 1 unspecified atom stereocenters. The van der Waals surface area contributed by atoms with Crippen LogP contribution >= 0.6 is 11.6 Å². The van der Waals surface area contributed by atoms with Crippen molar-refractivity contribution in [2.45, 2.75) is 26.3 Å². The number of carbonyl (C=O) groups is 2. The van der Waals surface area contributed by atoms with Crippen molar-refractivity contribution < 1.29 is 28.6 Å². The third-order valence-corrected chi connectivity index (χ3v) is 5.75. The quantitative estimate of drug-likeness (QED) is 0.439. The minimum Gasteiger partial charge on any atom is -0.503 e. The summed E-state index contributed by atoms with van der Waals surface area (Å²) >= 11 is 6.05. The maximum atomic E-state index is 13.5. The van der Waals surface area contributed by atoms with Crippen molar-refractivity contribution in [1.29, 1.82) is 0 Å². The van der Waals surface area contributed by atoms with Crippen molar-refractivity contribution in [1.82, 2.24) is 4.90 Å². The molecule has 4 rings (SSSR count). The zero-order chi connectivity index (χ0) is 23.7. The number of methoxy groups -OCH3 is 1. The van der Waals surface area contributed by atoms with E-state index in [4.69, 9.17) is 25.5 Å². The lowest BCUT2D eigenvalue weighted by molar-refractivity contribution is -0.129. The summed E-state index contributed by atoms with van der Waals surface area (Å²) in [6.07, 6.45) is 0.647. The van der Waals surface area contributed by atoms with Crippen LogP contribution in [0.4, 0.5) is 0 Å². The third kappa shape index (κ3) is 4.04. The van der Waals surface area contributed by atoms with E-state index in [1.54, 1.807) is 42.5 Å². The number of aliphatic hydroxyl groups excluding tert-OH is 1. The minimum atomic E-state index is -0.800. The highest BCUT2D eigenvalue weighted by atomic mass is 35.5. The second-order valence-electron chi connectivity index (χ2n) is 7.63. The standard InChI is InChI=1S/C25H24ClNO6/c1-4-10-27-22(14-6-8-18(32-5-2)19(12-14)31-3)21(24(29)25(27)30)23(28)20-13-15-11-16(26)7-9-17(15)33-20/h6-9,11-13,22,29H,4-5,10H2,1-3H3. The molecule has 1 amide bonds. The van der Waals surface area contributed by atoms with E-state index in [1.807, 2.05) is 13.8 Å². The van der Waals surface area contributed by atoms with E-state index in [0.717, 1.165) is 0 Å². The lowest BCUT2D eigenvalue weighted by Crippen LogP contribution is -2.31. The van der Waals surface area contributed by atoms with Crippen LogP contribution in [-0.2, 0) is 4.79 Å². The molecule has 1 aliphatic rings. The molecule has 1 aromatic heterocycles. The number of fused-ring (bicyclic) bond motifs is 1. The molecule has 8 heteroatoms. The molecule has 2 heterocycles. The second kappa shape index (κ2) is 9.19. The molecule has 2 aromatic carbocycles. The Labute approximate surface area is 196 Å². The first-order chi connectivity index (χ1) is 15.9. The molecule has 0 fully saturated rings. The summed E-state index contributed by atoms with van der Waals surface area (Å²) in [5.41, 5.74) is 1.06. The molecular formula is C25H24ClNO6. The van der Waals surface area contributed by atoms with Gasteiger partial charge in [0.05, 0.1) is 25.3 Å². The number of furan rings is 1. The van der Waals surface area contributed by atoms with Crippen molar-refractivity contribution in [2.75, 3.05) is 20.3 Å². The number of nitrogens with zero attached hydrogens (tertiary/aromatic N) is 1. The number of hydrogen-bond acceptors (Lipinski definition) is 6. The first-order valence-corrected chi connectivity index (χ1v) is 11.1. The number of halogens is 1. The van der Waals surface area contributed by atoms with Gasteiger partial charge < -0.3 is 23.9 Å². The molecular weight excluding hydrogens is 446 g/mol. The smallest absolute Gasteiger partial charge is 0.290 e. The number of Topliss-reactive ketones (excluding diaryl/α,β-unsaturated/α-hetero) is 1. The van der Waals surface area contributed by atoms with Crippen LogP contribution in [0, 0.1) is 0 Å². The van der Waals surface area contributed by atoms with Gasteiger partial charge in [-0.3, -0.25) is 9.59 Å². The minimum absolute atomic E-state index is 0.0165. The van der Waals surface area contributed by atoms with Crippen LogP contribution in [0.25, 0.3) is 11.0 Å². The van der Waals surface area contributed by atoms with Crippen molar-refractivity contribution in [3.05, 3.63) is 70.1 Å². The molecule has 3 aromatic rings. The van der Waals surface area contributed by atoms with E-state index in [1.165, 1.54) is 12.0 Å². The van der Waals surface area contributed by atoms with Gasteiger partial charge in [-0.25, -0.2) is 0 Å². The number of ether oxygens (including phenoxy) is 2. The summed E-state index contributed by atoms with van der Waals surface area (Å²) in [5, 5.41) is 11.9. The molecule has 7 nitrogen and oxygen atoms in total. The predicted molar refractivity (Wildman–Crippen MR) is 124 cm³/mol. The fourth-order valence-corrected chi connectivity index (χ4v) is 4.27. The second-order valence-corrected chi connectivity index (χ2v) is 8.07. The number of hydrogen-bond donors (Lipinski definition) is 1. The van der Waals surface area contributed by atoms with E-state index in [0.29, 0.717) is 52.6 Å². The lowest BCUT2D eigenvalue weighted by atomic mass is 9.94. The van der Waals surface area contributed by atoms with Crippen LogP contribution < -0.4 is 9.47 Å². The first-order valence-electron chi connectivity index (χ1n) is 10.7. The van der Waals surface area contributed by atoms with Crippen LogP contribution in [0.2, 0.25) is 5.02 Å². The maximum absolute atomic E-state index is 13.5. The van der Waals surface area contributed by atoms with Gasteiger partial charge in [0.2, 0.25) is 5.78 Å². The van der Waals surface area contributed by atoms with Gasteiger partial charge in [0, 0.05) is 17.0 Å². The van der Waals surface area contributed by atoms with E-state index in [9.17, 15) is 14.7 Å². The summed E-state index contributed by atoms with van der Waals surface area (Å²) in [7, 11) is 1.52. The van der Waals surface area contributed by atoms with Gasteiger partial charge in [-0.1, -0.05) is 24.6 Å². The van der Waals surface area contributed by atoms with Gasteiger partial charge >= 0.3 is 0 Å². The molecule has 0 saturated carbocycles. The maximum Gasteiger partial charge on any atom is 0.290 e. The number of amides is 1. The fourth-order valence-electron chi connectivity index (χ4n) is 4.09. The Morgan fingerprint density at radius 2 is 1.94 bits per heavy atom. The van der Waals surface area contributed by atoms with Gasteiger partial charge in [-0.05, 0) is 55.3 Å². The number of aliphatic hydroxyl groups is 1. The number of carbonyl (C=O) groups excluding carboxylic acids is 2. The molecule has 0 bridgehead atoms. The van der Waals surface area contributed by atoms with Crippen LogP contribution in [-0.4, -0.2) is 42.0 Å². The highest BCUT2D eigenvalue weighted by molar-refractivity contribution is 6.31. The molecule has 1 atom stereocenters. The van der Waals surface area contributed by atoms with Gasteiger partial charge in [0.1, 0.15) is 5.58 Å². The molecule has 1 aliphatic heterocycles. The molecule has 0 saturated heterocycles. The largest absolute Gasteiger partial charge is 0.503 e. The average Bonchev–Trinajstić information content (AvgIpc) is 3.33. The first kappa shape index (κ1) is 22.7. The van der Waals surface area contributed by atoms with Gasteiger partial charge in [-0.15, -0.1) is 0 Å². The van der Waals surface area contributed by atoms with E-state index in [-0.39, 0.29) is 11.3 Å². The Bertz CT molecular complexity index is 1260. The van der Waals surface area contributed by atoms with Gasteiger partial charge in [0.15, 0.2) is 23.0 Å². The highest BCUT2D eigenvalue weighted by Gasteiger charge is 2.44. The Morgan fingerprint density at radius 3 is 2.64 bits per heavy atom. The summed E-state index contributed by atoms with van der Waals surface area (Å²) < 4.78 is 16.8. The van der Waals surface area contributed by atoms with E-state index >= 15 is 0 Å². The van der Waals surface area contributed by atoms with E-state index in [2.05, 4.69) is 0 Å². The van der Waals surface area contributed by atoms with Crippen molar-refractivity contribution in [2.24, 2.45) is 0 Å². The molecule has 1 N–H and O–H groups in total. The monoisotopic (exact) mass is 469 g/mol. The zero-order valence-electron chi connectivity index (χ0n) is 18.6. The summed E-state index contributed by atoms with van der Waals surface area (Å²) in [6, 6.07) is 11.0. The number of benzene rings is 2. The van der Waals surface area contributed by atoms with E-state index < -0.39 is 23.5 Å². The topological polar surface area (TPSA) is 89.2 Å². The van der Waals surface area contributed by atoms with Crippen LogP contribution in [0.1, 0.15) is 42.4 Å². The highest BCUT2D eigenvalue weighted by Crippen LogP contribution is 2.42. The van der Waals surface area contributed by atoms with Gasteiger partial charge in [0.25, 0.3) is 5.91 Å². The Kier molecular flexibility index (Phi) is 6.33. The fraction of sp³-hybridized carbons (Fsp3) is 0.280. The van der Waals surface area contributed by atoms with Crippen LogP contribution in [0.5, 0.6) is 11.5 Å². The SMILES string of the molecule is CCCN1C(=O)C(O)=C(C(=O)c2cc3cc(Cl)ccc3o2)C1c1ccc(OCC)c(OC)c1. The van der Waals surface area contributed by atoms with Gasteiger partial charge in [-0.2, -0.15) is 0 Å². The zero-order valence-corrected chi connectivity index (χ0v) is 19.3. The average molecular weight is 470 g/mol. The number of rotatable bonds is 8. The predicted octanol–water partition coefficient (Wildman–Crippen LogP) is 5.48. The Balaban J connectivity index is 1.81. The Morgan fingerprint density at radius 1 is 1.15 bits per heavy atom. The summed E-state index contributed by atoms with van der Waals surface area (Å²) in [6.45, 7) is 4.60. The molecule has 33 heavy (non-hydrogen) atoms. The van der Waals surface area contributed by atoms with Crippen molar-refractivity contribution in [3.8, 4) is 11.5 Å². The van der Waals surface area contributed by atoms with Crippen LogP contribution in [0.3, 0.4) is 0 Å². The van der Waals surface area contributed by atoms with Crippen molar-refractivity contribution >= 4 is 34.3 Å². The van der Waals surface area contributed by atoms with Crippen molar-refractivity contribution in [3.63, 3.8) is 0 Å². The van der Waals surface area contributed by atoms with Crippen LogP contribution in [0.15, 0.2) is 58.2 Å². The summed E-state index contributed by atoms with van der Waals surface area (Å²) in [5.74, 6) is -0.713.